The van der Waals surface area contributed by atoms with Gasteiger partial charge in [-0.15, -0.1) is 0 Å². The third-order valence-corrected chi connectivity index (χ3v) is 3.49. The summed E-state index contributed by atoms with van der Waals surface area (Å²) in [7, 11) is 0. The van der Waals surface area contributed by atoms with Gasteiger partial charge in [0.2, 0.25) is 0 Å². The lowest BCUT2D eigenvalue weighted by Crippen LogP contribution is -2.22. The van der Waals surface area contributed by atoms with Crippen molar-refractivity contribution in [2.24, 2.45) is 0 Å². The summed E-state index contributed by atoms with van der Waals surface area (Å²) in [6.45, 7) is 14.6. The van der Waals surface area contributed by atoms with Crippen LogP contribution < -0.4 is 5.32 Å². The molecule has 0 bridgehead atoms. The predicted molar refractivity (Wildman–Crippen MR) is 85.2 cm³/mol. The lowest BCUT2D eigenvalue weighted by molar-refractivity contribution is 0.0759. The van der Waals surface area contributed by atoms with Gasteiger partial charge in [0.1, 0.15) is 0 Å². The van der Waals surface area contributed by atoms with Gasteiger partial charge in [-0.05, 0) is 78.1 Å². The fourth-order valence-corrected chi connectivity index (χ4v) is 2.66. The van der Waals surface area contributed by atoms with Crippen LogP contribution in [-0.4, -0.2) is 24.2 Å². The van der Waals surface area contributed by atoms with E-state index >= 15 is 0 Å². The lowest BCUT2D eigenvalue weighted by atomic mass is 10.0. The van der Waals surface area contributed by atoms with E-state index in [1.807, 2.05) is 0 Å². The lowest BCUT2D eigenvalue weighted by Gasteiger charge is -2.19. The van der Waals surface area contributed by atoms with Crippen molar-refractivity contribution < 1.29 is 4.74 Å². The Labute approximate surface area is 124 Å². The van der Waals surface area contributed by atoms with Gasteiger partial charge >= 0.3 is 0 Å². The van der Waals surface area contributed by atoms with Crippen molar-refractivity contribution in [3.05, 3.63) is 28.6 Å². The first-order chi connectivity index (χ1) is 9.41. The fraction of sp³-hybridized carbons (Fsp3) is 0.706. The maximum atomic E-state index is 5.55. The summed E-state index contributed by atoms with van der Waals surface area (Å²) in [5.74, 6) is 0. The fourth-order valence-electron chi connectivity index (χ4n) is 2.66. The van der Waals surface area contributed by atoms with Gasteiger partial charge in [-0.2, -0.15) is 0 Å². The molecule has 0 aliphatic carbocycles. The zero-order valence-electron chi connectivity index (χ0n) is 13.9. The molecule has 1 heterocycles. The number of hydrogen-bond acceptors (Lipinski definition) is 3. The number of unbranched alkanes of at least 4 members (excludes halogenated alkanes) is 1. The number of aryl methyl sites for hydroxylation is 3. The van der Waals surface area contributed by atoms with Crippen LogP contribution in [0.1, 0.15) is 62.2 Å². The number of ether oxygens (including phenoxy) is 1. The van der Waals surface area contributed by atoms with E-state index in [-0.39, 0.29) is 0 Å². The highest BCUT2D eigenvalue weighted by Gasteiger charge is 2.12. The second kappa shape index (κ2) is 8.38. The van der Waals surface area contributed by atoms with Gasteiger partial charge in [-0.1, -0.05) is 0 Å². The van der Waals surface area contributed by atoms with Crippen LogP contribution in [0.25, 0.3) is 0 Å². The van der Waals surface area contributed by atoms with Gasteiger partial charge in [0.05, 0.1) is 6.10 Å². The molecule has 1 aromatic rings. The van der Waals surface area contributed by atoms with Gasteiger partial charge in [-0.25, -0.2) is 0 Å². The van der Waals surface area contributed by atoms with Gasteiger partial charge in [0, 0.05) is 24.0 Å². The summed E-state index contributed by atoms with van der Waals surface area (Å²) in [5, 5.41) is 3.59. The van der Waals surface area contributed by atoms with Gasteiger partial charge in [-0.3, -0.25) is 4.98 Å². The highest BCUT2D eigenvalue weighted by Crippen LogP contribution is 2.21. The van der Waals surface area contributed by atoms with Crippen molar-refractivity contribution in [3.63, 3.8) is 0 Å². The SMILES string of the molecule is Cc1cc(C)c(C(C)NCCCCOC(C)C)c(C)n1. The minimum atomic E-state index is 0.339. The highest BCUT2D eigenvalue weighted by atomic mass is 16.5. The molecule has 1 atom stereocenters. The van der Waals surface area contributed by atoms with E-state index in [9.17, 15) is 0 Å². The molecular formula is C17H30N2O. The Hall–Kier alpha value is -0.930. The number of nitrogens with one attached hydrogen (secondary N) is 1. The number of nitrogens with zero attached hydrogens (tertiary/aromatic N) is 1. The Morgan fingerprint density at radius 3 is 2.45 bits per heavy atom. The molecule has 0 saturated carbocycles. The molecule has 0 aliphatic heterocycles. The van der Waals surface area contributed by atoms with Crippen molar-refractivity contribution in [1.82, 2.24) is 10.3 Å². The summed E-state index contributed by atoms with van der Waals surface area (Å²) in [5.41, 5.74) is 4.92. The van der Waals surface area contributed by atoms with Crippen LogP contribution in [0.5, 0.6) is 0 Å². The largest absolute Gasteiger partial charge is 0.379 e. The monoisotopic (exact) mass is 278 g/mol. The summed E-state index contributed by atoms with van der Waals surface area (Å²) in [4.78, 5) is 4.57. The Kier molecular flexibility index (Phi) is 7.17. The third-order valence-electron chi connectivity index (χ3n) is 3.49. The Bertz CT molecular complexity index is 392. The normalized spacial score (nSPS) is 12.9. The molecule has 20 heavy (non-hydrogen) atoms. The van der Waals surface area contributed by atoms with Crippen LogP contribution in [0.4, 0.5) is 0 Å². The topological polar surface area (TPSA) is 34.1 Å². The molecule has 1 aromatic heterocycles. The Balaban J connectivity index is 2.38. The zero-order valence-corrected chi connectivity index (χ0v) is 13.9. The third kappa shape index (κ3) is 5.59. The predicted octanol–water partition coefficient (Wildman–Crippen LogP) is 3.86. The molecule has 0 radical (unpaired) electrons. The van der Waals surface area contributed by atoms with E-state index in [0.717, 1.165) is 37.4 Å². The summed E-state index contributed by atoms with van der Waals surface area (Å²) >= 11 is 0. The molecule has 1 rings (SSSR count). The first-order valence-electron chi connectivity index (χ1n) is 7.71. The van der Waals surface area contributed by atoms with E-state index in [0.29, 0.717) is 12.1 Å². The number of aromatic nitrogens is 1. The standard InChI is InChI=1S/C17H30N2O/c1-12(2)20-10-8-7-9-18-15(5)17-13(3)11-14(4)19-16(17)6/h11-12,15,18H,7-10H2,1-6H3. The molecule has 3 heteroatoms. The van der Waals surface area contributed by atoms with Crippen molar-refractivity contribution in [3.8, 4) is 0 Å². The van der Waals surface area contributed by atoms with Crippen LogP contribution in [0.3, 0.4) is 0 Å². The summed E-state index contributed by atoms with van der Waals surface area (Å²) in [6, 6.07) is 2.52. The van der Waals surface area contributed by atoms with E-state index in [1.54, 1.807) is 0 Å². The molecule has 0 spiro atoms. The molecule has 3 nitrogen and oxygen atoms in total. The van der Waals surface area contributed by atoms with Crippen molar-refractivity contribution >= 4 is 0 Å². The number of pyridine rings is 1. The Morgan fingerprint density at radius 1 is 1.15 bits per heavy atom. The van der Waals surface area contributed by atoms with Crippen molar-refractivity contribution in [1.29, 1.82) is 0 Å². The van der Waals surface area contributed by atoms with Crippen LogP contribution in [-0.2, 0) is 4.74 Å². The molecular weight excluding hydrogens is 248 g/mol. The van der Waals surface area contributed by atoms with Gasteiger partial charge < -0.3 is 10.1 Å². The maximum Gasteiger partial charge on any atom is 0.0518 e. The molecule has 0 aliphatic rings. The summed E-state index contributed by atoms with van der Waals surface area (Å²) < 4.78 is 5.55. The second-order valence-corrected chi connectivity index (χ2v) is 5.88. The van der Waals surface area contributed by atoms with Crippen LogP contribution in [0, 0.1) is 20.8 Å². The minimum absolute atomic E-state index is 0.339. The van der Waals surface area contributed by atoms with Crippen LogP contribution in [0.15, 0.2) is 6.07 Å². The minimum Gasteiger partial charge on any atom is -0.379 e. The Morgan fingerprint density at radius 2 is 1.85 bits per heavy atom. The highest BCUT2D eigenvalue weighted by molar-refractivity contribution is 5.33. The first-order valence-corrected chi connectivity index (χ1v) is 7.71. The molecule has 1 unspecified atom stereocenters. The van der Waals surface area contributed by atoms with Crippen LogP contribution >= 0.6 is 0 Å². The molecule has 114 valence electrons. The van der Waals surface area contributed by atoms with Gasteiger partial charge in [0.25, 0.3) is 0 Å². The zero-order chi connectivity index (χ0) is 15.1. The van der Waals surface area contributed by atoms with Crippen LogP contribution in [0.2, 0.25) is 0 Å². The first kappa shape index (κ1) is 17.1. The number of hydrogen-bond donors (Lipinski definition) is 1. The smallest absolute Gasteiger partial charge is 0.0518 e. The van der Waals surface area contributed by atoms with E-state index < -0.39 is 0 Å². The van der Waals surface area contributed by atoms with Gasteiger partial charge in [0.15, 0.2) is 0 Å². The van der Waals surface area contributed by atoms with E-state index in [4.69, 9.17) is 4.74 Å². The molecule has 0 fully saturated rings. The molecule has 0 saturated heterocycles. The molecule has 1 N–H and O–H groups in total. The number of rotatable bonds is 8. The average molecular weight is 278 g/mol. The van der Waals surface area contributed by atoms with E-state index in [2.05, 4.69) is 57.9 Å². The quantitative estimate of drug-likeness (QED) is 0.733. The summed E-state index contributed by atoms with van der Waals surface area (Å²) in [6.07, 6.45) is 2.60. The molecule has 0 amide bonds. The second-order valence-electron chi connectivity index (χ2n) is 5.88. The van der Waals surface area contributed by atoms with E-state index in [1.165, 1.54) is 11.1 Å². The maximum absolute atomic E-state index is 5.55. The molecule has 0 aromatic carbocycles. The van der Waals surface area contributed by atoms with Crippen molar-refractivity contribution in [2.45, 2.75) is 66.5 Å². The van der Waals surface area contributed by atoms with Crippen molar-refractivity contribution in [2.75, 3.05) is 13.2 Å². The average Bonchev–Trinajstić information content (AvgIpc) is 2.31.